The van der Waals surface area contributed by atoms with Crippen LogP contribution in [0.15, 0.2) is 104 Å². The Morgan fingerprint density at radius 1 is 0.896 bits per heavy atom. The first-order valence-electron chi connectivity index (χ1n) is 22.8. The largest absolute Gasteiger partial charge is 0.471 e. The summed E-state index contributed by atoms with van der Waals surface area (Å²) in [5.74, 6) is -0.348. The van der Waals surface area contributed by atoms with Gasteiger partial charge in [0.05, 0.1) is 59.0 Å². The third-order valence-corrected chi connectivity index (χ3v) is 12.1. The Hall–Kier alpha value is -6.94. The Balaban J connectivity index is 1.18. The highest BCUT2D eigenvalue weighted by molar-refractivity contribution is 7.08. The fraction of sp³-hybridized carbons (Fsp3) is 0.353. The van der Waals surface area contributed by atoms with Crippen molar-refractivity contribution in [3.63, 3.8) is 0 Å². The van der Waals surface area contributed by atoms with Crippen molar-refractivity contribution in [2.75, 3.05) is 40.7 Å². The molecule has 6 aromatic rings. The second-order valence-corrected chi connectivity index (χ2v) is 17.2. The highest BCUT2D eigenvalue weighted by Gasteiger charge is 2.26. The molecule has 0 fully saturated rings. The number of unbranched alkanes of at least 4 members (excludes halogenated alkanes) is 9. The number of rotatable bonds is 26. The maximum Gasteiger partial charge on any atom is 0.278 e. The average molecular weight is 943 g/mol. The van der Waals surface area contributed by atoms with Crippen LogP contribution >= 0.6 is 22.9 Å². The smallest absolute Gasteiger partial charge is 0.278 e. The number of aryl methyl sites for hydroxylation is 1. The van der Waals surface area contributed by atoms with Gasteiger partial charge in [0.1, 0.15) is 11.1 Å². The third-order valence-electron chi connectivity index (χ3n) is 11.1. The number of para-hydroxylation sites is 2. The molecular formula is C51H56ClN9O5S. The fourth-order valence-corrected chi connectivity index (χ4v) is 8.30. The molecule has 67 heavy (non-hydrogen) atoms. The number of aliphatic imine (C=N–C) groups is 1. The van der Waals surface area contributed by atoms with E-state index < -0.39 is 11.5 Å². The molecule has 0 saturated carbocycles. The van der Waals surface area contributed by atoms with Gasteiger partial charge in [-0.25, -0.2) is 4.99 Å². The number of benzene rings is 3. The van der Waals surface area contributed by atoms with Gasteiger partial charge in [-0.1, -0.05) is 88.4 Å². The number of carbonyl (C=O) groups excluding carboxylic acids is 2. The molecule has 0 saturated heterocycles. The molecule has 3 aromatic heterocycles. The Kier molecular flexibility index (Phi) is 19.0. The van der Waals surface area contributed by atoms with Crippen molar-refractivity contribution in [2.45, 2.75) is 97.3 Å². The minimum absolute atomic E-state index is 0.0206. The number of nitriles is 2. The molecule has 0 aliphatic carbocycles. The molecule has 0 aliphatic heterocycles. The van der Waals surface area contributed by atoms with Crippen molar-refractivity contribution < 1.29 is 18.7 Å². The molecule has 3 N–H and O–H groups in total. The van der Waals surface area contributed by atoms with Crippen molar-refractivity contribution in [3.8, 4) is 23.6 Å². The summed E-state index contributed by atoms with van der Waals surface area (Å²) in [6, 6.07) is 25.3. The summed E-state index contributed by atoms with van der Waals surface area (Å²) in [5.41, 5.74) is 3.12. The Bertz CT molecular complexity index is 2750. The lowest BCUT2D eigenvalue weighted by Crippen LogP contribution is -2.32. The van der Waals surface area contributed by atoms with E-state index in [4.69, 9.17) is 25.7 Å². The molecule has 0 radical (unpaired) electrons. The van der Waals surface area contributed by atoms with E-state index in [2.05, 4.69) is 40.0 Å². The predicted octanol–water partition coefficient (Wildman–Crippen LogP) is 12.1. The van der Waals surface area contributed by atoms with Gasteiger partial charge in [-0.2, -0.15) is 26.8 Å². The van der Waals surface area contributed by atoms with Crippen LogP contribution in [0.25, 0.3) is 16.8 Å². The maximum absolute atomic E-state index is 14.7. The molecule has 0 unspecified atom stereocenters. The molecule has 3 aromatic carbocycles. The number of hydrogen-bond acceptors (Lipinski definition) is 12. The highest BCUT2D eigenvalue weighted by atomic mass is 35.5. The number of halogens is 1. The van der Waals surface area contributed by atoms with Crippen molar-refractivity contribution in [3.05, 3.63) is 117 Å². The van der Waals surface area contributed by atoms with Crippen molar-refractivity contribution in [1.82, 2.24) is 9.55 Å². The number of anilines is 4. The van der Waals surface area contributed by atoms with Gasteiger partial charge < -0.3 is 30.0 Å². The Morgan fingerprint density at radius 3 is 2.33 bits per heavy atom. The quantitative estimate of drug-likeness (QED) is 0.0268. The lowest BCUT2D eigenvalue weighted by molar-refractivity contribution is -0.116. The standard InChI is InChI=1S/C51H56ClN9O5S/c1-3-4-5-6-7-8-9-10-11-12-19-46(62)56-43-17-13-14-18-45(43)66-35-55-37-20-22-41(52)44(33-37)58-49(63)47(48-59-50-40(24-30-65-50)51(64)61(48)39-25-31-67-34-39)57-42-23-21-38(32-36(42)2)60(28-15-26-53)29-16-27-54/h13-14,17-18,20-25,30-34,55H,3-12,15-16,19,28-29,35H2,1-2H3,(H,56,62)(H,58,63). The molecule has 0 spiro atoms. The molecule has 3 heterocycles. The zero-order valence-corrected chi connectivity index (χ0v) is 39.6. The van der Waals surface area contributed by atoms with Gasteiger partial charge in [0, 0.05) is 36.3 Å². The first kappa shape index (κ1) is 49.5. The number of nitrogens with zero attached hydrogens (tertiary/aromatic N) is 6. The van der Waals surface area contributed by atoms with Gasteiger partial charge in [0.25, 0.3) is 11.5 Å². The highest BCUT2D eigenvalue weighted by Crippen LogP contribution is 2.30. The maximum atomic E-state index is 14.7. The molecular weight excluding hydrogens is 886 g/mol. The van der Waals surface area contributed by atoms with Gasteiger partial charge in [0.2, 0.25) is 11.6 Å². The fourth-order valence-electron chi connectivity index (χ4n) is 7.51. The molecule has 348 valence electrons. The van der Waals surface area contributed by atoms with Crippen LogP contribution in [-0.2, 0) is 9.59 Å². The summed E-state index contributed by atoms with van der Waals surface area (Å²) in [4.78, 5) is 53.1. The number of furan rings is 1. The third kappa shape index (κ3) is 14.0. The number of fused-ring (bicyclic) bond motifs is 1. The monoisotopic (exact) mass is 941 g/mol. The van der Waals surface area contributed by atoms with Gasteiger partial charge in [-0.15, -0.1) is 0 Å². The molecule has 0 atom stereocenters. The van der Waals surface area contributed by atoms with Crippen LogP contribution in [-0.4, -0.2) is 46.9 Å². The van der Waals surface area contributed by atoms with Crippen LogP contribution in [0.4, 0.5) is 28.4 Å². The summed E-state index contributed by atoms with van der Waals surface area (Å²) in [5, 5.41) is 31.6. The Labute approximate surface area is 400 Å². The number of hydrogen-bond donors (Lipinski definition) is 3. The first-order valence-corrected chi connectivity index (χ1v) is 24.1. The molecule has 0 aliphatic rings. The van der Waals surface area contributed by atoms with Gasteiger partial charge >= 0.3 is 0 Å². The number of ether oxygens (including phenoxy) is 1. The van der Waals surface area contributed by atoms with E-state index in [9.17, 15) is 24.9 Å². The van der Waals surface area contributed by atoms with Gasteiger partial charge in [-0.3, -0.25) is 19.0 Å². The number of thiophene rings is 1. The average Bonchev–Trinajstić information content (AvgIpc) is 4.04. The number of nitrogens with one attached hydrogen (secondary N) is 3. The van der Waals surface area contributed by atoms with Crippen LogP contribution in [0.3, 0.4) is 0 Å². The summed E-state index contributed by atoms with van der Waals surface area (Å²) in [6.07, 6.45) is 14.3. The van der Waals surface area contributed by atoms with E-state index in [1.54, 1.807) is 47.8 Å². The van der Waals surface area contributed by atoms with Crippen LogP contribution in [0.2, 0.25) is 5.02 Å². The summed E-state index contributed by atoms with van der Waals surface area (Å²) in [6.45, 7) is 4.95. The van der Waals surface area contributed by atoms with Gasteiger partial charge in [0.15, 0.2) is 18.3 Å². The molecule has 0 bridgehead atoms. The number of carbonyl (C=O) groups is 2. The summed E-state index contributed by atoms with van der Waals surface area (Å²) in [7, 11) is 0. The van der Waals surface area contributed by atoms with Crippen LogP contribution in [0, 0.1) is 29.6 Å². The van der Waals surface area contributed by atoms with E-state index in [1.807, 2.05) is 41.5 Å². The van der Waals surface area contributed by atoms with Crippen molar-refractivity contribution in [2.24, 2.45) is 4.99 Å². The van der Waals surface area contributed by atoms with E-state index >= 15 is 0 Å². The number of aromatic nitrogens is 2. The zero-order chi connectivity index (χ0) is 47.4. The second-order valence-electron chi connectivity index (χ2n) is 16.0. The zero-order valence-electron chi connectivity index (χ0n) is 38.0. The van der Waals surface area contributed by atoms with E-state index in [0.29, 0.717) is 53.6 Å². The number of amides is 2. The lowest BCUT2D eigenvalue weighted by atomic mass is 10.1. The van der Waals surface area contributed by atoms with Crippen molar-refractivity contribution >= 4 is 80.0 Å². The summed E-state index contributed by atoms with van der Waals surface area (Å²) >= 11 is 8.08. The van der Waals surface area contributed by atoms with E-state index in [0.717, 1.165) is 24.9 Å². The second kappa shape index (κ2) is 25.7. The van der Waals surface area contributed by atoms with Crippen LogP contribution < -0.4 is 31.1 Å². The SMILES string of the molecule is CCCCCCCCCCCCC(=O)Nc1ccccc1OCNc1ccc(Cl)c(NC(=O)C(=Nc2ccc(N(CCC#N)CCC#N)cc2C)c2nc3occc3c(=O)n2-c2ccsc2)c1. The molecule has 2 amide bonds. The first-order chi connectivity index (χ1) is 32.7. The minimum atomic E-state index is -0.715. The Morgan fingerprint density at radius 2 is 1.63 bits per heavy atom. The topological polar surface area (TPSA) is 191 Å². The normalized spacial score (nSPS) is 11.2. The van der Waals surface area contributed by atoms with Crippen LogP contribution in [0.1, 0.15) is 102 Å². The van der Waals surface area contributed by atoms with E-state index in [1.165, 1.54) is 73.2 Å². The molecule has 16 heteroatoms. The molecule has 6 rings (SSSR count). The minimum Gasteiger partial charge on any atom is -0.471 e. The van der Waals surface area contributed by atoms with E-state index in [-0.39, 0.29) is 58.8 Å². The predicted molar refractivity (Wildman–Crippen MR) is 268 cm³/mol. The van der Waals surface area contributed by atoms with Crippen LogP contribution in [0.5, 0.6) is 5.75 Å². The molecule has 14 nitrogen and oxygen atoms in total. The van der Waals surface area contributed by atoms with Gasteiger partial charge in [-0.05, 0) is 85.0 Å². The lowest BCUT2D eigenvalue weighted by Gasteiger charge is -2.23. The summed E-state index contributed by atoms with van der Waals surface area (Å²) < 4.78 is 13.0. The van der Waals surface area contributed by atoms with Crippen molar-refractivity contribution in [1.29, 1.82) is 10.5 Å².